The number of aromatic amines is 1. The monoisotopic (exact) mass is 369 g/mol. The minimum Gasteiger partial charge on any atom is -0.369 e. The topological polar surface area (TPSA) is 124 Å². The predicted octanol–water partition coefficient (Wildman–Crippen LogP) is 0.364. The molecular formula is C17H23N9O. The maximum atomic E-state index is 11.3. The highest BCUT2D eigenvalue weighted by Crippen LogP contribution is 2.29. The van der Waals surface area contributed by atoms with Gasteiger partial charge < -0.3 is 5.73 Å². The Bertz CT molecular complexity index is 953. The summed E-state index contributed by atoms with van der Waals surface area (Å²) in [5.74, 6) is 1.35. The number of rotatable bonds is 5. The molecule has 10 heteroatoms. The Morgan fingerprint density at radius 3 is 2.93 bits per heavy atom. The molecule has 3 aromatic rings. The summed E-state index contributed by atoms with van der Waals surface area (Å²) in [6.07, 6.45) is 7.39. The summed E-state index contributed by atoms with van der Waals surface area (Å²) in [5.41, 5.74) is 8.04. The maximum Gasteiger partial charge on any atom is 0.231 e. The van der Waals surface area contributed by atoms with Crippen molar-refractivity contribution in [2.24, 2.45) is 12.8 Å². The number of aromatic nitrogens is 7. The van der Waals surface area contributed by atoms with E-state index >= 15 is 0 Å². The van der Waals surface area contributed by atoms with Crippen molar-refractivity contribution in [2.45, 2.75) is 25.7 Å². The molecule has 3 N–H and O–H groups in total. The Labute approximate surface area is 156 Å². The van der Waals surface area contributed by atoms with E-state index in [4.69, 9.17) is 15.8 Å². The number of nitrogens with zero attached hydrogens (tertiary/aromatic N) is 7. The molecule has 0 aliphatic carbocycles. The molecule has 1 amide bonds. The standard InChI is InChI=1S/C17H23N9O/c1-11-14(7-19-22-11)16-21-17(26(23-16)13-6-20-24(2)9-13)12-4-3-5-25(8-12)10-15(18)27/h6-7,9,12H,3-5,8,10H2,1-2H3,(H2,18,27)(H,19,22). The average Bonchev–Trinajstić information content (AvgIpc) is 3.33. The number of aryl methyl sites for hydroxylation is 2. The summed E-state index contributed by atoms with van der Waals surface area (Å²) in [6, 6.07) is 0. The van der Waals surface area contributed by atoms with Crippen molar-refractivity contribution in [1.82, 2.24) is 39.6 Å². The van der Waals surface area contributed by atoms with Crippen LogP contribution in [0.3, 0.4) is 0 Å². The van der Waals surface area contributed by atoms with Crippen LogP contribution in [0.1, 0.15) is 30.3 Å². The van der Waals surface area contributed by atoms with Gasteiger partial charge in [0.05, 0.1) is 30.7 Å². The second-order valence-corrected chi connectivity index (χ2v) is 7.03. The summed E-state index contributed by atoms with van der Waals surface area (Å²) in [4.78, 5) is 18.3. The van der Waals surface area contributed by atoms with E-state index in [9.17, 15) is 4.79 Å². The molecule has 142 valence electrons. The zero-order chi connectivity index (χ0) is 19.0. The fourth-order valence-corrected chi connectivity index (χ4v) is 3.62. The number of hydrogen-bond acceptors (Lipinski definition) is 6. The van der Waals surface area contributed by atoms with E-state index < -0.39 is 0 Å². The second kappa shape index (κ2) is 6.95. The third kappa shape index (κ3) is 3.47. The van der Waals surface area contributed by atoms with E-state index in [2.05, 4.69) is 20.2 Å². The number of likely N-dealkylation sites (tertiary alicyclic amines) is 1. The zero-order valence-corrected chi connectivity index (χ0v) is 15.5. The summed E-state index contributed by atoms with van der Waals surface area (Å²) in [5, 5.41) is 16.0. The van der Waals surface area contributed by atoms with Crippen LogP contribution in [0, 0.1) is 6.92 Å². The lowest BCUT2D eigenvalue weighted by Crippen LogP contribution is -2.40. The first kappa shape index (κ1) is 17.4. The smallest absolute Gasteiger partial charge is 0.231 e. The van der Waals surface area contributed by atoms with Crippen molar-refractivity contribution in [1.29, 1.82) is 0 Å². The van der Waals surface area contributed by atoms with Gasteiger partial charge >= 0.3 is 0 Å². The SMILES string of the molecule is Cc1[nH]ncc1-c1nc(C2CCCN(CC(N)=O)C2)n(-c2cnn(C)c2)n1. The molecule has 4 heterocycles. The van der Waals surface area contributed by atoms with Crippen LogP contribution in [0.15, 0.2) is 18.6 Å². The number of primary amides is 1. The summed E-state index contributed by atoms with van der Waals surface area (Å²) in [6.45, 7) is 3.81. The highest BCUT2D eigenvalue weighted by molar-refractivity contribution is 5.75. The van der Waals surface area contributed by atoms with Crippen LogP contribution in [0.25, 0.3) is 17.1 Å². The number of nitrogens with two attached hydrogens (primary N) is 1. The van der Waals surface area contributed by atoms with E-state index in [1.54, 1.807) is 17.1 Å². The summed E-state index contributed by atoms with van der Waals surface area (Å²) < 4.78 is 3.59. The molecule has 1 unspecified atom stereocenters. The first-order valence-corrected chi connectivity index (χ1v) is 8.98. The van der Waals surface area contributed by atoms with Gasteiger partial charge in [0, 0.05) is 25.2 Å². The molecule has 4 rings (SSSR count). The van der Waals surface area contributed by atoms with Crippen LogP contribution in [0.4, 0.5) is 0 Å². The number of H-pyrrole nitrogens is 1. The highest BCUT2D eigenvalue weighted by Gasteiger charge is 2.28. The fraction of sp³-hybridized carbons (Fsp3) is 0.471. The van der Waals surface area contributed by atoms with Crippen molar-refractivity contribution in [3.05, 3.63) is 30.1 Å². The van der Waals surface area contributed by atoms with E-state index in [0.29, 0.717) is 5.82 Å². The number of carbonyl (C=O) groups is 1. The van der Waals surface area contributed by atoms with Crippen LogP contribution in [0.2, 0.25) is 0 Å². The first-order chi connectivity index (χ1) is 13.0. The van der Waals surface area contributed by atoms with Crippen LogP contribution in [-0.4, -0.2) is 65.2 Å². The number of carbonyl (C=O) groups excluding carboxylic acids is 1. The predicted molar refractivity (Wildman–Crippen MR) is 98.1 cm³/mol. The zero-order valence-electron chi connectivity index (χ0n) is 15.5. The molecule has 1 aliphatic rings. The van der Waals surface area contributed by atoms with Gasteiger partial charge in [-0.05, 0) is 26.3 Å². The maximum absolute atomic E-state index is 11.3. The number of amides is 1. The van der Waals surface area contributed by atoms with E-state index in [1.807, 2.05) is 24.9 Å². The van der Waals surface area contributed by atoms with E-state index in [1.165, 1.54) is 0 Å². The third-order valence-corrected chi connectivity index (χ3v) is 4.89. The van der Waals surface area contributed by atoms with Crippen LogP contribution >= 0.6 is 0 Å². The van der Waals surface area contributed by atoms with E-state index in [0.717, 1.165) is 48.7 Å². The first-order valence-electron chi connectivity index (χ1n) is 8.98. The lowest BCUT2D eigenvalue weighted by Gasteiger charge is -2.31. The second-order valence-electron chi connectivity index (χ2n) is 7.03. The molecular weight excluding hydrogens is 346 g/mol. The molecule has 0 bridgehead atoms. The Morgan fingerprint density at radius 2 is 2.26 bits per heavy atom. The van der Waals surface area contributed by atoms with Crippen molar-refractivity contribution < 1.29 is 4.79 Å². The Morgan fingerprint density at radius 1 is 1.41 bits per heavy atom. The van der Waals surface area contributed by atoms with Gasteiger partial charge in [-0.3, -0.25) is 19.5 Å². The van der Waals surface area contributed by atoms with Gasteiger partial charge in [0.15, 0.2) is 5.82 Å². The molecule has 1 aliphatic heterocycles. The molecule has 0 spiro atoms. The van der Waals surface area contributed by atoms with Crippen molar-refractivity contribution >= 4 is 5.91 Å². The molecule has 0 saturated carbocycles. The lowest BCUT2D eigenvalue weighted by molar-refractivity contribution is -0.119. The van der Waals surface area contributed by atoms with Gasteiger partial charge in [-0.25, -0.2) is 9.67 Å². The van der Waals surface area contributed by atoms with Gasteiger partial charge in [-0.2, -0.15) is 10.2 Å². The fourth-order valence-electron chi connectivity index (χ4n) is 3.62. The molecule has 3 aromatic heterocycles. The molecule has 0 radical (unpaired) electrons. The number of nitrogens with one attached hydrogen (secondary N) is 1. The Balaban J connectivity index is 1.73. The van der Waals surface area contributed by atoms with Crippen molar-refractivity contribution in [3.8, 4) is 17.1 Å². The number of piperidine rings is 1. The van der Waals surface area contributed by atoms with Crippen LogP contribution in [-0.2, 0) is 11.8 Å². The number of hydrogen-bond donors (Lipinski definition) is 2. The van der Waals surface area contributed by atoms with Crippen molar-refractivity contribution in [3.63, 3.8) is 0 Å². The molecule has 1 saturated heterocycles. The van der Waals surface area contributed by atoms with Crippen molar-refractivity contribution in [2.75, 3.05) is 19.6 Å². The molecule has 0 aromatic carbocycles. The Kier molecular flexibility index (Phi) is 4.48. The van der Waals surface area contributed by atoms with Gasteiger partial charge in [0.25, 0.3) is 0 Å². The Hall–Kier alpha value is -3.01. The van der Waals surface area contributed by atoms with Gasteiger partial charge in [0.2, 0.25) is 5.91 Å². The highest BCUT2D eigenvalue weighted by atomic mass is 16.1. The quantitative estimate of drug-likeness (QED) is 0.669. The normalized spacial score (nSPS) is 18.1. The molecule has 10 nitrogen and oxygen atoms in total. The minimum absolute atomic E-state index is 0.159. The minimum atomic E-state index is -0.306. The van der Waals surface area contributed by atoms with Gasteiger partial charge in [-0.15, -0.1) is 5.10 Å². The van der Waals surface area contributed by atoms with Crippen LogP contribution in [0.5, 0.6) is 0 Å². The summed E-state index contributed by atoms with van der Waals surface area (Å²) >= 11 is 0. The molecule has 1 fully saturated rings. The van der Waals surface area contributed by atoms with Crippen LogP contribution < -0.4 is 5.73 Å². The average molecular weight is 369 g/mol. The molecule has 1 atom stereocenters. The van der Waals surface area contributed by atoms with Gasteiger partial charge in [-0.1, -0.05) is 0 Å². The largest absolute Gasteiger partial charge is 0.369 e. The molecule has 27 heavy (non-hydrogen) atoms. The van der Waals surface area contributed by atoms with Gasteiger partial charge in [0.1, 0.15) is 11.5 Å². The van der Waals surface area contributed by atoms with E-state index in [-0.39, 0.29) is 18.4 Å². The summed E-state index contributed by atoms with van der Waals surface area (Å²) in [7, 11) is 1.87. The third-order valence-electron chi connectivity index (χ3n) is 4.89. The lowest BCUT2D eigenvalue weighted by atomic mass is 9.97.